The summed E-state index contributed by atoms with van der Waals surface area (Å²) < 4.78 is 32.0. The second-order valence-electron chi connectivity index (χ2n) is 4.84. The van der Waals surface area contributed by atoms with E-state index in [0.29, 0.717) is 37.6 Å². The predicted molar refractivity (Wildman–Crippen MR) is 76.1 cm³/mol. The molecule has 0 unspecified atom stereocenters. The Morgan fingerprint density at radius 2 is 2.05 bits per heavy atom. The monoisotopic (exact) mass is 308 g/mol. The quantitative estimate of drug-likeness (QED) is 0.932. The molecule has 1 fully saturated rings. The van der Waals surface area contributed by atoms with Crippen LogP contribution in [0.1, 0.15) is 12.0 Å². The van der Waals surface area contributed by atoms with Crippen molar-refractivity contribution in [1.82, 2.24) is 15.2 Å². The van der Waals surface area contributed by atoms with Crippen LogP contribution in [0.3, 0.4) is 0 Å². The van der Waals surface area contributed by atoms with Crippen molar-refractivity contribution in [2.24, 2.45) is 0 Å². The van der Waals surface area contributed by atoms with Crippen LogP contribution in [-0.4, -0.2) is 41.5 Å². The fourth-order valence-corrected chi connectivity index (χ4v) is 2.32. The van der Waals surface area contributed by atoms with Crippen LogP contribution >= 0.6 is 0 Å². The van der Waals surface area contributed by atoms with Gasteiger partial charge in [0.1, 0.15) is 5.82 Å². The fraction of sp³-hybridized carbons (Fsp3) is 0.357. The van der Waals surface area contributed by atoms with E-state index in [-0.39, 0.29) is 16.9 Å². The molecule has 3 heterocycles. The predicted octanol–water partition coefficient (Wildman–Crippen LogP) is 1.61. The van der Waals surface area contributed by atoms with Gasteiger partial charge in [-0.2, -0.15) is 5.10 Å². The fourth-order valence-electron chi connectivity index (χ4n) is 2.32. The second-order valence-corrected chi connectivity index (χ2v) is 4.84. The lowest BCUT2D eigenvalue weighted by Crippen LogP contribution is -2.37. The molecule has 22 heavy (non-hydrogen) atoms. The summed E-state index contributed by atoms with van der Waals surface area (Å²) in [7, 11) is 0. The number of nitrogens with zero attached hydrogens (tertiary/aromatic N) is 3. The van der Waals surface area contributed by atoms with E-state index >= 15 is 0 Å². The highest BCUT2D eigenvalue weighted by molar-refractivity contribution is 5.62. The van der Waals surface area contributed by atoms with Gasteiger partial charge in [0.05, 0.1) is 24.5 Å². The van der Waals surface area contributed by atoms with Crippen molar-refractivity contribution in [3.8, 4) is 11.3 Å². The largest absolute Gasteiger partial charge is 0.378 e. The van der Waals surface area contributed by atoms with E-state index in [0.717, 1.165) is 0 Å². The number of H-pyrrole nitrogens is 1. The first-order chi connectivity index (χ1) is 10.6. The van der Waals surface area contributed by atoms with Gasteiger partial charge in [-0.15, -0.1) is 0 Å². The van der Waals surface area contributed by atoms with Crippen molar-refractivity contribution >= 4 is 5.82 Å². The molecule has 1 saturated heterocycles. The molecule has 0 amide bonds. The topological polar surface area (TPSA) is 71.1 Å². The Morgan fingerprint density at radius 1 is 1.27 bits per heavy atom. The summed E-state index contributed by atoms with van der Waals surface area (Å²) in [5.74, 6) is 0.270. The number of pyridine rings is 1. The number of hydrogen-bond acceptors (Lipinski definition) is 5. The molecule has 6 nitrogen and oxygen atoms in total. The zero-order chi connectivity index (χ0) is 15.5. The maximum atomic E-state index is 13.4. The molecule has 0 spiro atoms. The molecular weight excluding hydrogens is 294 g/mol. The molecule has 1 aliphatic rings. The molecule has 0 radical (unpaired) electrons. The van der Waals surface area contributed by atoms with Crippen LogP contribution in [0.5, 0.6) is 0 Å². The number of ether oxygens (including phenoxy) is 1. The Kier molecular flexibility index (Phi) is 4.10. The average molecular weight is 308 g/mol. The first-order valence-corrected chi connectivity index (χ1v) is 6.82. The Balaban J connectivity index is 1.99. The van der Waals surface area contributed by atoms with Gasteiger partial charge in [0.15, 0.2) is 0 Å². The number of hydrogen-bond donors (Lipinski definition) is 1. The molecular formula is C14H14F2N4O2. The first kappa shape index (κ1) is 14.6. The van der Waals surface area contributed by atoms with Crippen molar-refractivity contribution in [1.29, 1.82) is 0 Å². The summed E-state index contributed by atoms with van der Waals surface area (Å²) >= 11 is 0. The van der Waals surface area contributed by atoms with Crippen LogP contribution in [0, 0.1) is 0 Å². The minimum absolute atomic E-state index is 0.146. The average Bonchev–Trinajstić information content (AvgIpc) is 2.56. The van der Waals surface area contributed by atoms with Gasteiger partial charge in [-0.05, 0) is 12.1 Å². The number of aromatic amines is 1. The molecule has 0 saturated carbocycles. The zero-order valence-corrected chi connectivity index (χ0v) is 11.6. The van der Waals surface area contributed by atoms with Gasteiger partial charge in [-0.1, -0.05) is 0 Å². The summed E-state index contributed by atoms with van der Waals surface area (Å²) in [6.07, 6.45) is -1.16. The third-order valence-corrected chi connectivity index (χ3v) is 3.42. The van der Waals surface area contributed by atoms with Crippen LogP contribution in [0.4, 0.5) is 14.6 Å². The minimum atomic E-state index is -2.65. The Bertz CT molecular complexity index is 694. The number of rotatable bonds is 3. The molecule has 1 aliphatic heterocycles. The molecule has 0 bridgehead atoms. The van der Waals surface area contributed by atoms with E-state index in [1.54, 1.807) is 4.90 Å². The van der Waals surface area contributed by atoms with Crippen molar-refractivity contribution in [2.45, 2.75) is 6.43 Å². The number of halogens is 2. The lowest BCUT2D eigenvalue weighted by Gasteiger charge is -2.29. The highest BCUT2D eigenvalue weighted by atomic mass is 19.3. The molecule has 0 aromatic carbocycles. The van der Waals surface area contributed by atoms with Gasteiger partial charge in [-0.3, -0.25) is 4.79 Å². The maximum Gasteiger partial charge on any atom is 0.267 e. The summed E-state index contributed by atoms with van der Waals surface area (Å²) in [5, 5.41) is 6.11. The van der Waals surface area contributed by atoms with Gasteiger partial charge < -0.3 is 9.64 Å². The lowest BCUT2D eigenvalue weighted by molar-refractivity contribution is 0.120. The third-order valence-electron chi connectivity index (χ3n) is 3.42. The normalized spacial score (nSPS) is 15.3. The van der Waals surface area contributed by atoms with Crippen molar-refractivity contribution in [2.75, 3.05) is 31.2 Å². The van der Waals surface area contributed by atoms with E-state index in [4.69, 9.17) is 4.74 Å². The van der Waals surface area contributed by atoms with Crippen molar-refractivity contribution in [3.05, 3.63) is 40.3 Å². The van der Waals surface area contributed by atoms with Crippen molar-refractivity contribution < 1.29 is 13.5 Å². The summed E-state index contributed by atoms with van der Waals surface area (Å²) in [4.78, 5) is 17.0. The summed E-state index contributed by atoms with van der Waals surface area (Å²) in [6.45, 7) is 2.05. The number of anilines is 1. The molecule has 3 rings (SSSR count). The molecule has 8 heteroatoms. The molecule has 2 aromatic rings. The number of aromatic nitrogens is 3. The Labute approximate surface area is 124 Å². The highest BCUT2D eigenvalue weighted by Crippen LogP contribution is 2.31. The molecule has 116 valence electrons. The standard InChI is InChI=1S/C14H14F2N4O2/c15-13(16)10-7-9(11-1-2-12(21)19-18-11)8-17-14(10)20-3-5-22-6-4-20/h1-2,7-8,13H,3-6H2,(H,19,21). The van der Waals surface area contributed by atoms with Crippen LogP contribution in [0.2, 0.25) is 0 Å². The maximum absolute atomic E-state index is 13.4. The number of nitrogens with one attached hydrogen (secondary N) is 1. The molecule has 2 aromatic heterocycles. The van der Waals surface area contributed by atoms with Gasteiger partial charge in [0, 0.05) is 30.9 Å². The molecule has 1 N–H and O–H groups in total. The van der Waals surface area contributed by atoms with E-state index in [1.807, 2.05) is 0 Å². The van der Waals surface area contributed by atoms with Crippen LogP contribution in [0.25, 0.3) is 11.3 Å². The first-order valence-electron chi connectivity index (χ1n) is 6.82. The van der Waals surface area contributed by atoms with E-state index < -0.39 is 6.43 Å². The Hall–Kier alpha value is -2.35. The van der Waals surface area contributed by atoms with Gasteiger partial charge >= 0.3 is 0 Å². The summed E-state index contributed by atoms with van der Waals surface area (Å²) in [6, 6.07) is 4.13. The number of alkyl halides is 2. The van der Waals surface area contributed by atoms with E-state index in [9.17, 15) is 13.6 Å². The zero-order valence-electron chi connectivity index (χ0n) is 11.6. The van der Waals surface area contributed by atoms with Crippen LogP contribution < -0.4 is 10.5 Å². The van der Waals surface area contributed by atoms with Crippen molar-refractivity contribution in [3.63, 3.8) is 0 Å². The second kappa shape index (κ2) is 6.18. The van der Waals surface area contributed by atoms with E-state index in [1.165, 1.54) is 24.4 Å². The van der Waals surface area contributed by atoms with Gasteiger partial charge in [0.2, 0.25) is 0 Å². The smallest absolute Gasteiger partial charge is 0.267 e. The number of morpholine rings is 1. The Morgan fingerprint density at radius 3 is 2.68 bits per heavy atom. The summed E-state index contributed by atoms with van der Waals surface area (Å²) in [5.41, 5.74) is 0.328. The molecule has 0 atom stereocenters. The third kappa shape index (κ3) is 2.96. The van der Waals surface area contributed by atoms with Crippen LogP contribution in [-0.2, 0) is 4.74 Å². The SMILES string of the molecule is O=c1ccc(-c2cnc(N3CCOCC3)c(C(F)F)c2)n[nH]1. The van der Waals surface area contributed by atoms with Gasteiger partial charge in [-0.25, -0.2) is 18.9 Å². The minimum Gasteiger partial charge on any atom is -0.378 e. The highest BCUT2D eigenvalue weighted by Gasteiger charge is 2.22. The molecule has 0 aliphatic carbocycles. The lowest BCUT2D eigenvalue weighted by atomic mass is 10.1. The van der Waals surface area contributed by atoms with E-state index in [2.05, 4.69) is 15.2 Å². The van der Waals surface area contributed by atoms with Gasteiger partial charge in [0.25, 0.3) is 12.0 Å². The van der Waals surface area contributed by atoms with Crippen LogP contribution in [0.15, 0.2) is 29.2 Å².